The number of rotatable bonds is 5. The average molecular weight is 205 g/mol. The van der Waals surface area contributed by atoms with E-state index in [1.54, 1.807) is 13.8 Å². The summed E-state index contributed by atoms with van der Waals surface area (Å²) >= 11 is 0. The first kappa shape index (κ1) is 12.9. The molecule has 0 saturated heterocycles. The van der Waals surface area contributed by atoms with E-state index in [0.29, 0.717) is 0 Å². The van der Waals surface area contributed by atoms with E-state index >= 15 is 0 Å². The van der Waals surface area contributed by atoms with Crippen molar-refractivity contribution >= 4 is 11.9 Å². The first-order valence-corrected chi connectivity index (χ1v) is 4.14. The average Bonchev–Trinajstić information content (AvgIpc) is 2.11. The number of methoxy groups -OCH3 is 1. The van der Waals surface area contributed by atoms with Gasteiger partial charge in [-0.2, -0.15) is 0 Å². The number of hydrogen-bond donors (Lipinski definition) is 3. The van der Waals surface area contributed by atoms with Gasteiger partial charge in [-0.1, -0.05) is 13.8 Å². The van der Waals surface area contributed by atoms with Crippen LogP contribution in [-0.4, -0.2) is 41.5 Å². The Morgan fingerprint density at radius 3 is 2.14 bits per heavy atom. The molecule has 3 N–H and O–H groups in total. The van der Waals surface area contributed by atoms with Crippen molar-refractivity contribution in [3.8, 4) is 0 Å². The van der Waals surface area contributed by atoms with Crippen molar-refractivity contribution in [1.29, 1.82) is 0 Å². The Hall–Kier alpha value is -1.14. The van der Waals surface area contributed by atoms with E-state index < -0.39 is 24.2 Å². The lowest BCUT2D eigenvalue weighted by Crippen LogP contribution is -2.47. The van der Waals surface area contributed by atoms with Crippen molar-refractivity contribution in [2.75, 3.05) is 7.11 Å². The van der Waals surface area contributed by atoms with E-state index in [9.17, 15) is 14.7 Å². The van der Waals surface area contributed by atoms with Crippen LogP contribution in [0, 0.1) is 5.92 Å². The number of carboxylic acids is 1. The van der Waals surface area contributed by atoms with Crippen molar-refractivity contribution in [3.63, 3.8) is 0 Å². The Bertz CT molecular complexity index is 216. The number of carboxylic acid groups (broad SMARTS) is 1. The number of nitrogens with one attached hydrogen (secondary N) is 1. The Morgan fingerprint density at radius 2 is 1.86 bits per heavy atom. The second-order valence-corrected chi connectivity index (χ2v) is 3.15. The van der Waals surface area contributed by atoms with Gasteiger partial charge >= 0.3 is 5.97 Å². The fourth-order valence-electron chi connectivity index (χ4n) is 0.739. The van der Waals surface area contributed by atoms with E-state index in [4.69, 9.17) is 5.11 Å². The zero-order valence-electron chi connectivity index (χ0n) is 8.35. The van der Waals surface area contributed by atoms with E-state index in [1.807, 2.05) is 5.32 Å². The van der Waals surface area contributed by atoms with Gasteiger partial charge in [-0.15, -0.1) is 0 Å². The first-order valence-electron chi connectivity index (χ1n) is 4.14. The quantitative estimate of drug-likeness (QED) is 0.509. The lowest BCUT2D eigenvalue weighted by molar-refractivity contribution is -0.155. The summed E-state index contributed by atoms with van der Waals surface area (Å²) in [6.07, 6.45) is -2.65. The summed E-state index contributed by atoms with van der Waals surface area (Å²) in [6.45, 7) is 3.29. The van der Waals surface area contributed by atoms with Crippen LogP contribution in [0.15, 0.2) is 0 Å². The molecule has 0 heterocycles. The molecule has 0 rings (SSSR count). The van der Waals surface area contributed by atoms with Gasteiger partial charge in [0, 0.05) is 7.11 Å². The van der Waals surface area contributed by atoms with Crippen LogP contribution in [0.2, 0.25) is 0 Å². The molecular weight excluding hydrogens is 190 g/mol. The zero-order chi connectivity index (χ0) is 11.3. The third kappa shape index (κ3) is 3.71. The van der Waals surface area contributed by atoms with Crippen LogP contribution in [0.1, 0.15) is 13.8 Å². The van der Waals surface area contributed by atoms with Crippen LogP contribution in [-0.2, 0) is 14.3 Å². The highest BCUT2D eigenvalue weighted by atomic mass is 16.5. The zero-order valence-corrected chi connectivity index (χ0v) is 8.35. The normalized spacial score (nSPS) is 14.9. The molecule has 0 bridgehead atoms. The largest absolute Gasteiger partial charge is 0.478 e. The Kier molecular flexibility index (Phi) is 5.11. The molecule has 82 valence electrons. The standard InChI is InChI=1S/C8H15NO5/c1-4(2)5(10)6(11)9-7(14-3)8(12)13/h4-5,7,10H,1-3H3,(H,9,11)(H,12,13)/t5-,7?/m0/s1. The second kappa shape index (κ2) is 5.56. The number of amides is 1. The smallest absolute Gasteiger partial charge is 0.354 e. The molecule has 0 radical (unpaired) electrons. The molecule has 1 amide bonds. The third-order valence-electron chi connectivity index (χ3n) is 1.63. The Morgan fingerprint density at radius 1 is 1.36 bits per heavy atom. The summed E-state index contributed by atoms with van der Waals surface area (Å²) in [5, 5.41) is 19.8. The SMILES string of the molecule is COC(NC(=O)[C@@H](O)C(C)C)C(=O)O. The van der Waals surface area contributed by atoms with E-state index in [2.05, 4.69) is 4.74 Å². The van der Waals surface area contributed by atoms with Crippen LogP contribution in [0.5, 0.6) is 0 Å². The molecule has 6 nitrogen and oxygen atoms in total. The minimum Gasteiger partial charge on any atom is -0.478 e. The van der Waals surface area contributed by atoms with Gasteiger partial charge in [0.25, 0.3) is 5.91 Å². The summed E-state index contributed by atoms with van der Waals surface area (Å²) in [5.74, 6) is -2.34. The van der Waals surface area contributed by atoms with Crippen molar-refractivity contribution in [2.45, 2.75) is 26.2 Å². The van der Waals surface area contributed by atoms with Crippen molar-refractivity contribution in [3.05, 3.63) is 0 Å². The first-order chi connectivity index (χ1) is 6.40. The molecule has 0 aliphatic carbocycles. The minimum absolute atomic E-state index is 0.277. The molecule has 0 fully saturated rings. The van der Waals surface area contributed by atoms with Crippen LogP contribution in [0.25, 0.3) is 0 Å². The highest BCUT2D eigenvalue weighted by molar-refractivity contribution is 5.85. The lowest BCUT2D eigenvalue weighted by Gasteiger charge is -2.17. The number of carbonyl (C=O) groups excluding carboxylic acids is 1. The van der Waals surface area contributed by atoms with Gasteiger partial charge in [0.15, 0.2) is 0 Å². The highest BCUT2D eigenvalue weighted by Gasteiger charge is 2.25. The fraction of sp³-hybridized carbons (Fsp3) is 0.750. The summed E-state index contributed by atoms with van der Waals surface area (Å²) < 4.78 is 4.47. The summed E-state index contributed by atoms with van der Waals surface area (Å²) in [5.41, 5.74) is 0. The second-order valence-electron chi connectivity index (χ2n) is 3.15. The van der Waals surface area contributed by atoms with Crippen LogP contribution in [0.4, 0.5) is 0 Å². The number of hydrogen-bond acceptors (Lipinski definition) is 4. The molecule has 0 aromatic rings. The van der Waals surface area contributed by atoms with Gasteiger partial charge in [-0.25, -0.2) is 4.79 Å². The Balaban J connectivity index is 4.22. The van der Waals surface area contributed by atoms with Gasteiger partial charge in [-0.05, 0) is 5.92 Å². The van der Waals surface area contributed by atoms with Crippen molar-refractivity contribution in [2.24, 2.45) is 5.92 Å². The third-order valence-corrected chi connectivity index (χ3v) is 1.63. The van der Waals surface area contributed by atoms with Gasteiger partial charge < -0.3 is 20.3 Å². The molecule has 6 heteroatoms. The van der Waals surface area contributed by atoms with Gasteiger partial charge in [0.2, 0.25) is 6.23 Å². The van der Waals surface area contributed by atoms with Crippen LogP contribution >= 0.6 is 0 Å². The molecular formula is C8H15NO5. The minimum atomic E-state index is -1.42. The monoisotopic (exact) mass is 205 g/mol. The molecule has 14 heavy (non-hydrogen) atoms. The van der Waals surface area contributed by atoms with Crippen LogP contribution in [0.3, 0.4) is 0 Å². The fourth-order valence-corrected chi connectivity index (χ4v) is 0.739. The number of aliphatic hydroxyl groups is 1. The van der Waals surface area contributed by atoms with E-state index in [0.717, 1.165) is 7.11 Å². The number of carbonyl (C=O) groups is 2. The maximum Gasteiger partial charge on any atom is 0.354 e. The molecule has 2 atom stereocenters. The van der Waals surface area contributed by atoms with Gasteiger partial charge in [0.1, 0.15) is 6.10 Å². The van der Waals surface area contributed by atoms with Crippen molar-refractivity contribution < 1.29 is 24.5 Å². The van der Waals surface area contributed by atoms with Crippen molar-refractivity contribution in [1.82, 2.24) is 5.32 Å². The molecule has 0 aliphatic heterocycles. The molecule has 0 saturated carbocycles. The predicted molar refractivity (Wildman–Crippen MR) is 47.4 cm³/mol. The number of aliphatic carboxylic acids is 1. The van der Waals surface area contributed by atoms with E-state index in [-0.39, 0.29) is 5.92 Å². The predicted octanol–water partition coefficient (Wildman–Crippen LogP) is -0.823. The molecule has 0 aliphatic rings. The topological polar surface area (TPSA) is 95.9 Å². The number of ether oxygens (including phenoxy) is 1. The lowest BCUT2D eigenvalue weighted by atomic mass is 10.1. The molecule has 1 unspecified atom stereocenters. The molecule has 0 spiro atoms. The number of aliphatic hydroxyl groups excluding tert-OH is 1. The highest BCUT2D eigenvalue weighted by Crippen LogP contribution is 2.01. The summed E-state index contributed by atoms with van der Waals surface area (Å²) in [6, 6.07) is 0. The Labute approximate surface area is 81.9 Å². The maximum atomic E-state index is 11.2. The van der Waals surface area contributed by atoms with E-state index in [1.165, 1.54) is 0 Å². The summed E-state index contributed by atoms with van der Waals surface area (Å²) in [4.78, 5) is 21.6. The maximum absolute atomic E-state index is 11.2. The molecule has 0 aromatic carbocycles. The van der Waals surface area contributed by atoms with Crippen LogP contribution < -0.4 is 5.32 Å². The van der Waals surface area contributed by atoms with Gasteiger partial charge in [-0.3, -0.25) is 4.79 Å². The summed E-state index contributed by atoms with van der Waals surface area (Å²) in [7, 11) is 1.15. The molecule has 0 aromatic heterocycles. The van der Waals surface area contributed by atoms with Gasteiger partial charge in [0.05, 0.1) is 0 Å².